The van der Waals surface area contributed by atoms with Gasteiger partial charge in [0.1, 0.15) is 11.6 Å². The molecule has 2 heterocycles. The maximum absolute atomic E-state index is 5.30. The van der Waals surface area contributed by atoms with Crippen molar-refractivity contribution in [1.82, 2.24) is 9.97 Å². The molecule has 5 heteroatoms. The first kappa shape index (κ1) is 13.8. The molecule has 0 unspecified atom stereocenters. The van der Waals surface area contributed by atoms with Crippen LogP contribution in [-0.2, 0) is 0 Å². The van der Waals surface area contributed by atoms with E-state index in [0.717, 1.165) is 40.4 Å². The number of anilines is 1. The highest BCUT2D eigenvalue weighted by Gasteiger charge is 2.12. The Morgan fingerprint density at radius 1 is 1.24 bits per heavy atom. The molecule has 0 saturated carbocycles. The topological polar surface area (TPSA) is 47.0 Å². The third-order valence-electron chi connectivity index (χ3n) is 3.34. The molecule has 0 saturated heterocycles. The summed E-state index contributed by atoms with van der Waals surface area (Å²) in [6.07, 6.45) is 0. The molecule has 0 aliphatic heterocycles. The fourth-order valence-corrected chi connectivity index (χ4v) is 3.07. The Labute approximate surface area is 127 Å². The van der Waals surface area contributed by atoms with Crippen molar-refractivity contribution in [2.45, 2.75) is 13.8 Å². The lowest BCUT2D eigenvalue weighted by atomic mass is 10.1. The van der Waals surface area contributed by atoms with Gasteiger partial charge < -0.3 is 10.1 Å². The molecule has 0 spiro atoms. The van der Waals surface area contributed by atoms with Crippen LogP contribution in [0.15, 0.2) is 29.0 Å². The van der Waals surface area contributed by atoms with Gasteiger partial charge in [0.15, 0.2) is 5.82 Å². The first-order chi connectivity index (χ1) is 10.2. The van der Waals surface area contributed by atoms with Gasteiger partial charge in [0, 0.05) is 22.9 Å². The second-order valence-electron chi connectivity index (χ2n) is 4.78. The van der Waals surface area contributed by atoms with Crippen molar-refractivity contribution in [3.8, 4) is 17.1 Å². The number of ether oxygens (including phenoxy) is 1. The molecule has 2 aromatic heterocycles. The van der Waals surface area contributed by atoms with Gasteiger partial charge in [-0.2, -0.15) is 11.3 Å². The van der Waals surface area contributed by atoms with Crippen LogP contribution in [0.5, 0.6) is 5.75 Å². The minimum atomic E-state index is 0.766. The Bertz CT molecular complexity index is 782. The quantitative estimate of drug-likeness (QED) is 0.787. The van der Waals surface area contributed by atoms with Crippen molar-refractivity contribution in [2.24, 2.45) is 0 Å². The van der Waals surface area contributed by atoms with Crippen molar-refractivity contribution in [1.29, 1.82) is 0 Å². The maximum atomic E-state index is 5.30. The Kier molecular flexibility index (Phi) is 3.75. The van der Waals surface area contributed by atoms with Crippen LogP contribution in [-0.4, -0.2) is 23.6 Å². The van der Waals surface area contributed by atoms with Gasteiger partial charge in [-0.05, 0) is 43.0 Å². The fourth-order valence-electron chi connectivity index (χ4n) is 2.25. The predicted molar refractivity (Wildman–Crippen MR) is 88.3 cm³/mol. The summed E-state index contributed by atoms with van der Waals surface area (Å²) >= 11 is 1.67. The van der Waals surface area contributed by atoms with E-state index in [1.807, 2.05) is 18.2 Å². The Balaban J connectivity index is 2.23. The van der Waals surface area contributed by atoms with Crippen molar-refractivity contribution in [3.05, 3.63) is 34.5 Å². The molecular weight excluding hydrogens is 282 g/mol. The summed E-state index contributed by atoms with van der Waals surface area (Å²) in [6, 6.07) is 5.87. The zero-order valence-electron chi connectivity index (χ0n) is 12.3. The lowest BCUT2D eigenvalue weighted by molar-refractivity contribution is 0.415. The summed E-state index contributed by atoms with van der Waals surface area (Å²) in [5.74, 6) is 2.43. The van der Waals surface area contributed by atoms with Crippen molar-refractivity contribution in [3.63, 3.8) is 0 Å². The average Bonchev–Trinajstić information content (AvgIpc) is 2.93. The zero-order valence-corrected chi connectivity index (χ0v) is 13.1. The van der Waals surface area contributed by atoms with E-state index in [9.17, 15) is 0 Å². The number of thiophene rings is 1. The SMILES string of the molecule is CCNc1nc(-c2cscc2C)nc2ccc(OC)cc12. The summed E-state index contributed by atoms with van der Waals surface area (Å²) in [6.45, 7) is 4.95. The van der Waals surface area contributed by atoms with Crippen LogP contribution in [0, 0.1) is 6.92 Å². The molecule has 3 aromatic rings. The molecule has 0 amide bonds. The smallest absolute Gasteiger partial charge is 0.163 e. The molecule has 21 heavy (non-hydrogen) atoms. The number of fused-ring (bicyclic) bond motifs is 1. The van der Waals surface area contributed by atoms with Crippen LogP contribution in [0.1, 0.15) is 12.5 Å². The van der Waals surface area contributed by atoms with E-state index < -0.39 is 0 Å². The summed E-state index contributed by atoms with van der Waals surface area (Å²) in [5, 5.41) is 8.51. The van der Waals surface area contributed by atoms with Gasteiger partial charge in [0.05, 0.1) is 12.6 Å². The van der Waals surface area contributed by atoms with Crippen LogP contribution in [0.3, 0.4) is 0 Å². The largest absolute Gasteiger partial charge is 0.497 e. The number of aryl methyl sites for hydroxylation is 1. The van der Waals surface area contributed by atoms with Crippen molar-refractivity contribution < 1.29 is 4.74 Å². The summed E-state index contributed by atoms with van der Waals surface area (Å²) in [7, 11) is 1.66. The minimum absolute atomic E-state index is 0.766. The summed E-state index contributed by atoms with van der Waals surface area (Å²) in [5.41, 5.74) is 3.22. The van der Waals surface area contributed by atoms with Crippen LogP contribution >= 0.6 is 11.3 Å². The standard InChI is InChI=1S/C16H17N3OS/c1-4-17-15-12-7-11(20-3)5-6-14(12)18-16(19-15)13-9-21-8-10(13)2/h5-9H,4H2,1-3H3,(H,17,18,19). The molecule has 108 valence electrons. The monoisotopic (exact) mass is 299 g/mol. The van der Waals surface area contributed by atoms with Gasteiger partial charge in [0.2, 0.25) is 0 Å². The number of nitrogens with one attached hydrogen (secondary N) is 1. The number of rotatable bonds is 4. The lowest BCUT2D eigenvalue weighted by Crippen LogP contribution is -2.03. The van der Waals surface area contributed by atoms with E-state index in [-0.39, 0.29) is 0 Å². The van der Waals surface area contributed by atoms with E-state index in [2.05, 4.69) is 29.9 Å². The van der Waals surface area contributed by atoms with Crippen LogP contribution in [0.25, 0.3) is 22.3 Å². The third-order valence-corrected chi connectivity index (χ3v) is 4.20. The molecule has 4 nitrogen and oxygen atoms in total. The van der Waals surface area contributed by atoms with E-state index in [1.54, 1.807) is 18.4 Å². The molecule has 0 atom stereocenters. The molecule has 0 bridgehead atoms. The van der Waals surface area contributed by atoms with Gasteiger partial charge in [-0.3, -0.25) is 0 Å². The zero-order chi connectivity index (χ0) is 14.8. The molecule has 3 rings (SSSR count). The Morgan fingerprint density at radius 2 is 2.10 bits per heavy atom. The van der Waals surface area contributed by atoms with E-state index in [4.69, 9.17) is 14.7 Å². The van der Waals surface area contributed by atoms with E-state index in [0.29, 0.717) is 0 Å². The molecule has 1 aromatic carbocycles. The number of aromatic nitrogens is 2. The molecule has 1 N–H and O–H groups in total. The Hall–Kier alpha value is -2.14. The van der Waals surface area contributed by atoms with Gasteiger partial charge in [-0.25, -0.2) is 9.97 Å². The highest BCUT2D eigenvalue weighted by molar-refractivity contribution is 7.08. The van der Waals surface area contributed by atoms with Gasteiger partial charge in [-0.15, -0.1) is 0 Å². The minimum Gasteiger partial charge on any atom is -0.497 e. The lowest BCUT2D eigenvalue weighted by Gasteiger charge is -2.10. The first-order valence-electron chi connectivity index (χ1n) is 6.85. The second-order valence-corrected chi connectivity index (χ2v) is 5.52. The number of benzene rings is 1. The third kappa shape index (κ3) is 2.56. The maximum Gasteiger partial charge on any atom is 0.163 e. The number of hydrogen-bond acceptors (Lipinski definition) is 5. The molecule has 0 fully saturated rings. The van der Waals surface area contributed by atoms with E-state index >= 15 is 0 Å². The number of nitrogens with zero attached hydrogens (tertiary/aromatic N) is 2. The van der Waals surface area contributed by atoms with Crippen molar-refractivity contribution >= 4 is 28.1 Å². The van der Waals surface area contributed by atoms with Gasteiger partial charge in [0.25, 0.3) is 0 Å². The van der Waals surface area contributed by atoms with Crippen molar-refractivity contribution in [2.75, 3.05) is 19.0 Å². The fraction of sp³-hybridized carbons (Fsp3) is 0.250. The normalized spacial score (nSPS) is 10.8. The van der Waals surface area contributed by atoms with E-state index in [1.165, 1.54) is 5.56 Å². The molecular formula is C16H17N3OS. The van der Waals surface area contributed by atoms with Crippen LogP contribution in [0.2, 0.25) is 0 Å². The molecule has 0 aliphatic carbocycles. The van der Waals surface area contributed by atoms with Gasteiger partial charge >= 0.3 is 0 Å². The average molecular weight is 299 g/mol. The summed E-state index contributed by atoms with van der Waals surface area (Å²) in [4.78, 5) is 9.40. The predicted octanol–water partition coefficient (Wildman–Crippen LogP) is 4.11. The number of hydrogen-bond donors (Lipinski definition) is 1. The Morgan fingerprint density at radius 3 is 2.76 bits per heavy atom. The van der Waals surface area contributed by atoms with Gasteiger partial charge in [-0.1, -0.05) is 0 Å². The van der Waals surface area contributed by atoms with Crippen LogP contribution in [0.4, 0.5) is 5.82 Å². The highest BCUT2D eigenvalue weighted by atomic mass is 32.1. The number of methoxy groups -OCH3 is 1. The highest BCUT2D eigenvalue weighted by Crippen LogP contribution is 2.30. The first-order valence-corrected chi connectivity index (χ1v) is 7.80. The molecule has 0 radical (unpaired) electrons. The van der Waals surface area contributed by atoms with Crippen LogP contribution < -0.4 is 10.1 Å². The second kappa shape index (κ2) is 5.69. The molecule has 0 aliphatic rings. The summed E-state index contributed by atoms with van der Waals surface area (Å²) < 4.78 is 5.30.